The molecule has 8 heteroatoms. The number of carbonyl (C=O) groups is 2. The third kappa shape index (κ3) is 4.77. The Balaban J connectivity index is 1.71. The fraction of sp³-hybridized carbons (Fsp3) is 0.227. The molecule has 30 heavy (non-hydrogen) atoms. The summed E-state index contributed by atoms with van der Waals surface area (Å²) in [5, 5.41) is 2.58. The smallest absolute Gasteiger partial charge is 0.339 e. The molecule has 0 spiro atoms. The van der Waals surface area contributed by atoms with Crippen molar-refractivity contribution in [3.8, 4) is 22.1 Å². The SMILES string of the molecule is CCOc1ccc(-c2nc(COC(=O)c3ccccc3C(=O)OC)cs2)cc1OC. The molecule has 0 amide bonds. The number of rotatable bonds is 8. The fourth-order valence-electron chi connectivity index (χ4n) is 2.75. The number of thiazole rings is 1. The molecule has 0 unspecified atom stereocenters. The number of carbonyl (C=O) groups excluding carboxylic acids is 2. The van der Waals surface area contributed by atoms with Gasteiger partial charge in [0, 0.05) is 10.9 Å². The zero-order chi connectivity index (χ0) is 21.5. The first-order valence-corrected chi connectivity index (χ1v) is 10.1. The normalized spacial score (nSPS) is 10.4. The van der Waals surface area contributed by atoms with Gasteiger partial charge < -0.3 is 18.9 Å². The molecular formula is C22H21NO6S. The molecule has 0 radical (unpaired) electrons. The van der Waals surface area contributed by atoms with Crippen LogP contribution in [0.4, 0.5) is 0 Å². The van der Waals surface area contributed by atoms with E-state index in [4.69, 9.17) is 18.9 Å². The molecule has 0 N–H and O–H groups in total. The molecule has 156 valence electrons. The number of esters is 2. The molecule has 0 saturated heterocycles. The molecule has 0 aliphatic heterocycles. The van der Waals surface area contributed by atoms with Gasteiger partial charge in [-0.25, -0.2) is 14.6 Å². The summed E-state index contributed by atoms with van der Waals surface area (Å²) >= 11 is 1.43. The molecule has 3 rings (SSSR count). The van der Waals surface area contributed by atoms with Crippen LogP contribution in [-0.2, 0) is 16.1 Å². The van der Waals surface area contributed by atoms with Crippen molar-refractivity contribution >= 4 is 23.3 Å². The zero-order valence-electron chi connectivity index (χ0n) is 16.8. The molecular weight excluding hydrogens is 406 g/mol. The number of benzene rings is 2. The van der Waals surface area contributed by atoms with Gasteiger partial charge in [-0.3, -0.25) is 0 Å². The Morgan fingerprint density at radius 1 is 1.00 bits per heavy atom. The third-order valence-corrected chi connectivity index (χ3v) is 5.11. The third-order valence-electron chi connectivity index (χ3n) is 4.17. The molecule has 0 fully saturated rings. The lowest BCUT2D eigenvalue weighted by Crippen LogP contribution is -2.12. The van der Waals surface area contributed by atoms with Crippen LogP contribution in [0.15, 0.2) is 47.8 Å². The van der Waals surface area contributed by atoms with Crippen LogP contribution in [0.1, 0.15) is 33.3 Å². The van der Waals surface area contributed by atoms with Crippen LogP contribution in [-0.4, -0.2) is 37.7 Å². The molecule has 3 aromatic rings. The fourth-order valence-corrected chi connectivity index (χ4v) is 3.55. The monoisotopic (exact) mass is 427 g/mol. The predicted molar refractivity (Wildman–Crippen MR) is 112 cm³/mol. The van der Waals surface area contributed by atoms with Crippen molar-refractivity contribution in [3.63, 3.8) is 0 Å². The lowest BCUT2D eigenvalue weighted by molar-refractivity contribution is 0.0454. The van der Waals surface area contributed by atoms with Crippen LogP contribution >= 0.6 is 11.3 Å². The average molecular weight is 427 g/mol. The molecule has 2 aromatic carbocycles. The van der Waals surface area contributed by atoms with E-state index in [1.807, 2.05) is 30.5 Å². The summed E-state index contributed by atoms with van der Waals surface area (Å²) in [4.78, 5) is 28.8. The highest BCUT2D eigenvalue weighted by Gasteiger charge is 2.19. The van der Waals surface area contributed by atoms with E-state index < -0.39 is 11.9 Å². The average Bonchev–Trinajstić information content (AvgIpc) is 3.26. The van der Waals surface area contributed by atoms with Gasteiger partial charge in [-0.15, -0.1) is 11.3 Å². The lowest BCUT2D eigenvalue weighted by atomic mass is 10.1. The first kappa shape index (κ1) is 21.3. The van der Waals surface area contributed by atoms with E-state index in [1.165, 1.54) is 30.6 Å². The number of hydrogen-bond donors (Lipinski definition) is 0. The van der Waals surface area contributed by atoms with E-state index in [9.17, 15) is 9.59 Å². The van der Waals surface area contributed by atoms with Crippen LogP contribution in [0, 0.1) is 0 Å². The second kappa shape index (κ2) is 9.89. The van der Waals surface area contributed by atoms with Gasteiger partial charge in [0.25, 0.3) is 0 Å². The minimum atomic E-state index is -0.617. The Kier molecular flexibility index (Phi) is 7.03. The molecule has 1 aromatic heterocycles. The van der Waals surface area contributed by atoms with E-state index in [1.54, 1.807) is 19.2 Å². The summed E-state index contributed by atoms with van der Waals surface area (Å²) in [7, 11) is 2.84. The van der Waals surface area contributed by atoms with E-state index in [0.29, 0.717) is 23.8 Å². The quantitative estimate of drug-likeness (QED) is 0.494. The molecule has 7 nitrogen and oxygen atoms in total. The van der Waals surface area contributed by atoms with Crippen molar-refractivity contribution in [1.29, 1.82) is 0 Å². The summed E-state index contributed by atoms with van der Waals surface area (Å²) in [5.74, 6) is 0.0758. The molecule has 1 heterocycles. The van der Waals surface area contributed by atoms with Gasteiger partial charge in [-0.1, -0.05) is 12.1 Å². The molecule has 0 saturated carbocycles. The minimum Gasteiger partial charge on any atom is -0.493 e. The molecule has 0 atom stereocenters. The van der Waals surface area contributed by atoms with Gasteiger partial charge in [0.1, 0.15) is 11.6 Å². The Labute approximate surface area is 178 Å². The van der Waals surface area contributed by atoms with E-state index in [0.717, 1.165) is 10.6 Å². The maximum Gasteiger partial charge on any atom is 0.339 e. The topological polar surface area (TPSA) is 84.0 Å². The summed E-state index contributed by atoms with van der Waals surface area (Å²) in [5.41, 5.74) is 1.78. The summed E-state index contributed by atoms with van der Waals surface area (Å²) in [6, 6.07) is 11.9. The van der Waals surface area contributed by atoms with Gasteiger partial charge in [0.05, 0.1) is 37.6 Å². The zero-order valence-corrected chi connectivity index (χ0v) is 17.7. The van der Waals surface area contributed by atoms with Crippen molar-refractivity contribution < 1.29 is 28.5 Å². The van der Waals surface area contributed by atoms with Crippen molar-refractivity contribution in [2.75, 3.05) is 20.8 Å². The van der Waals surface area contributed by atoms with E-state index in [-0.39, 0.29) is 17.7 Å². The van der Waals surface area contributed by atoms with Gasteiger partial charge in [0.15, 0.2) is 11.5 Å². The van der Waals surface area contributed by atoms with Crippen LogP contribution in [0.3, 0.4) is 0 Å². The highest BCUT2D eigenvalue weighted by molar-refractivity contribution is 7.13. The standard InChI is InChI=1S/C22H21NO6S/c1-4-28-18-10-9-14(11-19(18)26-2)20-23-15(13-30-20)12-29-22(25)17-8-6-5-7-16(17)21(24)27-3/h5-11,13H,4,12H2,1-3H3. The number of hydrogen-bond acceptors (Lipinski definition) is 8. The summed E-state index contributed by atoms with van der Waals surface area (Å²) in [6.07, 6.45) is 0. The Bertz CT molecular complexity index is 1050. The highest BCUT2D eigenvalue weighted by Crippen LogP contribution is 2.34. The summed E-state index contributed by atoms with van der Waals surface area (Å²) < 4.78 is 21.0. The van der Waals surface area contributed by atoms with Gasteiger partial charge in [-0.2, -0.15) is 0 Å². The van der Waals surface area contributed by atoms with Gasteiger partial charge >= 0.3 is 11.9 Å². The van der Waals surface area contributed by atoms with Gasteiger partial charge in [0.2, 0.25) is 0 Å². The minimum absolute atomic E-state index is 0.0149. The first-order chi connectivity index (χ1) is 14.6. The van der Waals surface area contributed by atoms with Crippen molar-refractivity contribution in [1.82, 2.24) is 4.98 Å². The van der Waals surface area contributed by atoms with Crippen LogP contribution in [0.25, 0.3) is 10.6 Å². The molecule has 0 aliphatic rings. The number of methoxy groups -OCH3 is 2. The highest BCUT2D eigenvalue weighted by atomic mass is 32.1. The van der Waals surface area contributed by atoms with Crippen LogP contribution in [0.5, 0.6) is 11.5 Å². The predicted octanol–water partition coefficient (Wildman–Crippen LogP) is 4.36. The number of nitrogens with zero attached hydrogens (tertiary/aromatic N) is 1. The Hall–Kier alpha value is -3.39. The van der Waals surface area contributed by atoms with Crippen LogP contribution in [0.2, 0.25) is 0 Å². The maximum absolute atomic E-state index is 12.4. The Morgan fingerprint density at radius 3 is 2.40 bits per heavy atom. The second-order valence-electron chi connectivity index (χ2n) is 6.06. The first-order valence-electron chi connectivity index (χ1n) is 9.17. The maximum atomic E-state index is 12.4. The number of ether oxygens (including phenoxy) is 4. The van der Waals surface area contributed by atoms with E-state index >= 15 is 0 Å². The van der Waals surface area contributed by atoms with Crippen molar-refractivity contribution in [2.24, 2.45) is 0 Å². The van der Waals surface area contributed by atoms with Gasteiger partial charge in [-0.05, 0) is 37.3 Å². The van der Waals surface area contributed by atoms with Crippen molar-refractivity contribution in [3.05, 3.63) is 64.7 Å². The van der Waals surface area contributed by atoms with E-state index in [2.05, 4.69) is 4.98 Å². The largest absolute Gasteiger partial charge is 0.493 e. The Morgan fingerprint density at radius 2 is 1.73 bits per heavy atom. The van der Waals surface area contributed by atoms with Crippen molar-refractivity contribution in [2.45, 2.75) is 13.5 Å². The second-order valence-corrected chi connectivity index (χ2v) is 6.91. The lowest BCUT2D eigenvalue weighted by Gasteiger charge is -2.10. The van der Waals surface area contributed by atoms with Crippen LogP contribution < -0.4 is 9.47 Å². The summed E-state index contributed by atoms with van der Waals surface area (Å²) in [6.45, 7) is 2.44. The number of aromatic nitrogens is 1. The molecule has 0 aliphatic carbocycles. The molecule has 0 bridgehead atoms.